The molecule has 3 atom stereocenters. The van der Waals surface area contributed by atoms with Gasteiger partial charge in [0.25, 0.3) is 0 Å². The van der Waals surface area contributed by atoms with Crippen molar-refractivity contribution in [1.29, 1.82) is 0 Å². The average molecular weight is 287 g/mol. The van der Waals surface area contributed by atoms with Crippen LogP contribution in [0.4, 0.5) is 11.9 Å². The third kappa shape index (κ3) is 2.31. The Morgan fingerprint density at radius 1 is 1.24 bits per heavy atom. The second-order valence-electron chi connectivity index (χ2n) is 5.36. The molecule has 0 aliphatic carbocycles. The Labute approximate surface area is 122 Å². The lowest BCUT2D eigenvalue weighted by molar-refractivity contribution is 0.102. The standard InChI is InChI=1S/C13H17N7O/c1-14-11-17-12(16-9-6-8-2-3-10(9)21-8)19-13(18-11)20-5-4-15-7-20/h4-5,7-10H,2-3,6H2,1H3,(H2,14,16,17,18,19). The van der Waals surface area contributed by atoms with Crippen molar-refractivity contribution in [2.75, 3.05) is 17.7 Å². The van der Waals surface area contributed by atoms with Gasteiger partial charge in [-0.25, -0.2) is 4.98 Å². The fourth-order valence-electron chi connectivity index (χ4n) is 2.99. The smallest absolute Gasteiger partial charge is 0.241 e. The first-order valence-corrected chi connectivity index (χ1v) is 7.16. The number of rotatable bonds is 4. The van der Waals surface area contributed by atoms with E-state index in [0.29, 0.717) is 23.9 Å². The van der Waals surface area contributed by atoms with Crippen molar-refractivity contribution in [2.45, 2.75) is 37.5 Å². The third-order valence-electron chi connectivity index (χ3n) is 4.00. The number of hydrogen-bond donors (Lipinski definition) is 2. The highest BCUT2D eigenvalue weighted by Crippen LogP contribution is 2.35. The minimum atomic E-state index is 0.279. The summed E-state index contributed by atoms with van der Waals surface area (Å²) in [7, 11) is 1.79. The molecule has 0 saturated carbocycles. The normalized spacial score (nSPS) is 27.0. The van der Waals surface area contributed by atoms with Gasteiger partial charge in [0, 0.05) is 19.4 Å². The summed E-state index contributed by atoms with van der Waals surface area (Å²) in [4.78, 5) is 17.2. The lowest BCUT2D eigenvalue weighted by Gasteiger charge is -2.20. The van der Waals surface area contributed by atoms with Crippen molar-refractivity contribution in [3.63, 3.8) is 0 Å². The molecule has 8 nitrogen and oxygen atoms in total. The molecule has 4 heterocycles. The number of nitrogens with one attached hydrogen (secondary N) is 2. The van der Waals surface area contributed by atoms with Crippen LogP contribution in [0.25, 0.3) is 5.95 Å². The second-order valence-corrected chi connectivity index (χ2v) is 5.36. The van der Waals surface area contributed by atoms with Crippen LogP contribution >= 0.6 is 0 Å². The summed E-state index contributed by atoms with van der Waals surface area (Å²) >= 11 is 0. The van der Waals surface area contributed by atoms with Crippen molar-refractivity contribution in [3.05, 3.63) is 18.7 Å². The summed E-state index contributed by atoms with van der Waals surface area (Å²) in [5.74, 6) is 1.64. The van der Waals surface area contributed by atoms with Crippen molar-refractivity contribution in [1.82, 2.24) is 24.5 Å². The molecule has 0 spiro atoms. The highest BCUT2D eigenvalue weighted by molar-refractivity contribution is 5.38. The Morgan fingerprint density at radius 2 is 2.14 bits per heavy atom. The first-order valence-electron chi connectivity index (χ1n) is 7.16. The molecule has 0 amide bonds. The number of ether oxygens (including phenoxy) is 1. The molecule has 4 rings (SSSR count). The minimum absolute atomic E-state index is 0.279. The summed E-state index contributed by atoms with van der Waals surface area (Å²) < 4.78 is 7.61. The Morgan fingerprint density at radius 3 is 2.81 bits per heavy atom. The number of fused-ring (bicyclic) bond motifs is 2. The van der Waals surface area contributed by atoms with Gasteiger partial charge in [0.15, 0.2) is 0 Å². The van der Waals surface area contributed by atoms with Crippen molar-refractivity contribution in [3.8, 4) is 5.95 Å². The number of hydrogen-bond acceptors (Lipinski definition) is 7. The Bertz CT molecular complexity index is 629. The first kappa shape index (κ1) is 12.5. The maximum atomic E-state index is 5.85. The minimum Gasteiger partial charge on any atom is -0.373 e. The molecule has 3 unspecified atom stereocenters. The maximum Gasteiger partial charge on any atom is 0.241 e. The van der Waals surface area contributed by atoms with E-state index in [-0.39, 0.29) is 12.1 Å². The zero-order valence-corrected chi connectivity index (χ0v) is 11.7. The predicted octanol–water partition coefficient (Wildman–Crippen LogP) is 0.831. The summed E-state index contributed by atoms with van der Waals surface area (Å²) in [6.07, 6.45) is 9.14. The van der Waals surface area contributed by atoms with Crippen LogP contribution in [0, 0.1) is 0 Å². The fourth-order valence-corrected chi connectivity index (χ4v) is 2.99. The molecule has 110 valence electrons. The van der Waals surface area contributed by atoms with Crippen LogP contribution in [0.5, 0.6) is 0 Å². The van der Waals surface area contributed by atoms with E-state index in [1.165, 1.54) is 6.42 Å². The van der Waals surface area contributed by atoms with Crippen molar-refractivity contribution >= 4 is 11.9 Å². The van der Waals surface area contributed by atoms with E-state index < -0.39 is 0 Å². The number of anilines is 2. The number of nitrogens with zero attached hydrogens (tertiary/aromatic N) is 5. The second kappa shape index (κ2) is 4.96. The molecule has 0 radical (unpaired) electrons. The van der Waals surface area contributed by atoms with Crippen LogP contribution < -0.4 is 10.6 Å². The van der Waals surface area contributed by atoms with Gasteiger partial charge in [-0.3, -0.25) is 4.57 Å². The van der Waals surface area contributed by atoms with E-state index in [1.807, 2.05) is 0 Å². The zero-order chi connectivity index (χ0) is 14.2. The summed E-state index contributed by atoms with van der Waals surface area (Å²) in [6, 6.07) is 0.284. The van der Waals surface area contributed by atoms with Crippen molar-refractivity contribution in [2.24, 2.45) is 0 Å². The molecule has 2 aromatic rings. The van der Waals surface area contributed by atoms with Gasteiger partial charge in [-0.1, -0.05) is 0 Å². The van der Waals surface area contributed by atoms with Gasteiger partial charge in [-0.15, -0.1) is 0 Å². The van der Waals surface area contributed by atoms with E-state index >= 15 is 0 Å². The lowest BCUT2D eigenvalue weighted by Crippen LogP contribution is -2.31. The van der Waals surface area contributed by atoms with Crippen LogP contribution in [-0.2, 0) is 4.74 Å². The van der Waals surface area contributed by atoms with Gasteiger partial charge in [0.1, 0.15) is 6.33 Å². The topological polar surface area (TPSA) is 89.8 Å². The molecular weight excluding hydrogens is 270 g/mol. The molecule has 2 N–H and O–H groups in total. The highest BCUT2D eigenvalue weighted by atomic mass is 16.5. The van der Waals surface area contributed by atoms with Crippen LogP contribution in [0.1, 0.15) is 19.3 Å². The van der Waals surface area contributed by atoms with Crippen LogP contribution in [0.2, 0.25) is 0 Å². The molecule has 2 bridgehead atoms. The van der Waals surface area contributed by atoms with Gasteiger partial charge in [-0.05, 0) is 19.3 Å². The van der Waals surface area contributed by atoms with E-state index in [2.05, 4.69) is 30.6 Å². The highest BCUT2D eigenvalue weighted by Gasteiger charge is 2.41. The lowest BCUT2D eigenvalue weighted by atomic mass is 9.96. The van der Waals surface area contributed by atoms with Crippen LogP contribution in [0.3, 0.4) is 0 Å². The molecule has 2 aliphatic rings. The monoisotopic (exact) mass is 287 g/mol. The summed E-state index contributed by atoms with van der Waals surface area (Å²) in [5.41, 5.74) is 0. The fraction of sp³-hybridized carbons (Fsp3) is 0.538. The maximum absolute atomic E-state index is 5.85. The SMILES string of the molecule is CNc1nc(NC2CC3CCC2O3)nc(-n2ccnc2)n1. The Kier molecular flexibility index (Phi) is 2.95. The first-order chi connectivity index (χ1) is 10.3. The van der Waals surface area contributed by atoms with Gasteiger partial charge in [-0.2, -0.15) is 15.0 Å². The third-order valence-corrected chi connectivity index (χ3v) is 4.00. The van der Waals surface area contributed by atoms with Gasteiger partial charge >= 0.3 is 0 Å². The Hall–Kier alpha value is -2.22. The molecule has 2 saturated heterocycles. The van der Waals surface area contributed by atoms with Crippen LogP contribution in [0.15, 0.2) is 18.7 Å². The molecule has 2 fully saturated rings. The van der Waals surface area contributed by atoms with E-state index in [1.54, 1.807) is 30.3 Å². The Balaban J connectivity index is 1.61. The van der Waals surface area contributed by atoms with Crippen molar-refractivity contribution < 1.29 is 4.74 Å². The van der Waals surface area contributed by atoms with E-state index in [0.717, 1.165) is 12.8 Å². The van der Waals surface area contributed by atoms with Gasteiger partial charge in [0.05, 0.1) is 18.2 Å². The van der Waals surface area contributed by atoms with Crippen LogP contribution in [-0.4, -0.2) is 49.8 Å². The largest absolute Gasteiger partial charge is 0.373 e. The molecule has 2 aliphatic heterocycles. The molecule has 2 aromatic heterocycles. The van der Waals surface area contributed by atoms with E-state index in [9.17, 15) is 0 Å². The molecule has 8 heteroatoms. The predicted molar refractivity (Wildman–Crippen MR) is 76.4 cm³/mol. The molecule has 21 heavy (non-hydrogen) atoms. The number of aromatic nitrogens is 5. The summed E-state index contributed by atoms with van der Waals surface area (Å²) in [5, 5.41) is 6.35. The number of imidazole rings is 1. The summed E-state index contributed by atoms with van der Waals surface area (Å²) in [6.45, 7) is 0. The van der Waals surface area contributed by atoms with Gasteiger partial charge < -0.3 is 15.4 Å². The van der Waals surface area contributed by atoms with Gasteiger partial charge in [0.2, 0.25) is 17.8 Å². The van der Waals surface area contributed by atoms with E-state index in [4.69, 9.17) is 4.74 Å². The molecule has 0 aromatic carbocycles. The average Bonchev–Trinajstić information content (AvgIpc) is 3.24. The molecular formula is C13H17N7O. The zero-order valence-electron chi connectivity index (χ0n) is 11.7. The quantitative estimate of drug-likeness (QED) is 0.860.